The molecule has 3 heteroatoms. The Morgan fingerprint density at radius 3 is 2.53 bits per heavy atom. The summed E-state index contributed by atoms with van der Waals surface area (Å²) >= 11 is 0. The molecule has 0 fully saturated rings. The maximum atomic E-state index is 4.32. The summed E-state index contributed by atoms with van der Waals surface area (Å²) in [5.74, 6) is 0. The van der Waals surface area contributed by atoms with Crippen LogP contribution in [0.2, 0.25) is 0 Å². The van der Waals surface area contributed by atoms with E-state index in [0.29, 0.717) is 0 Å². The molecule has 0 saturated heterocycles. The van der Waals surface area contributed by atoms with Crippen molar-refractivity contribution in [2.24, 2.45) is 5.41 Å². The van der Waals surface area contributed by atoms with Gasteiger partial charge in [-0.1, -0.05) is 20.8 Å². The Morgan fingerprint density at radius 2 is 2.07 bits per heavy atom. The Labute approximate surface area is 92.9 Å². The minimum Gasteiger partial charge on any atom is -0.334 e. The summed E-state index contributed by atoms with van der Waals surface area (Å²) in [7, 11) is 0. The van der Waals surface area contributed by atoms with Crippen LogP contribution in [0.1, 0.15) is 32.2 Å². The normalized spacial score (nSPS) is 12.1. The molecule has 0 atom stereocenters. The average Bonchev–Trinajstić information content (AvgIpc) is 2.46. The van der Waals surface area contributed by atoms with Crippen LogP contribution in [0.25, 0.3) is 0 Å². The molecule has 0 radical (unpaired) electrons. The van der Waals surface area contributed by atoms with Crippen LogP contribution < -0.4 is 5.32 Å². The molecule has 0 aromatic carbocycles. The average molecular weight is 209 g/mol. The van der Waals surface area contributed by atoms with Gasteiger partial charge in [0.15, 0.2) is 0 Å². The molecule has 1 heterocycles. The maximum Gasteiger partial charge on any atom is 0.0951 e. The number of nitrogens with zero attached hydrogens (tertiary/aromatic N) is 2. The molecule has 0 unspecified atom stereocenters. The quantitative estimate of drug-likeness (QED) is 0.805. The van der Waals surface area contributed by atoms with E-state index in [1.54, 1.807) is 0 Å². The molecule has 0 aliphatic rings. The van der Waals surface area contributed by atoms with Crippen LogP contribution in [0.5, 0.6) is 0 Å². The molecular formula is C12H23N3. The van der Waals surface area contributed by atoms with Gasteiger partial charge in [0.05, 0.1) is 12.0 Å². The highest BCUT2D eigenvalue weighted by Gasteiger charge is 2.18. The molecule has 0 amide bonds. The summed E-state index contributed by atoms with van der Waals surface area (Å²) in [4.78, 5) is 4.32. The molecule has 86 valence electrons. The van der Waals surface area contributed by atoms with Crippen molar-refractivity contribution in [1.82, 2.24) is 14.9 Å². The van der Waals surface area contributed by atoms with Gasteiger partial charge in [-0.15, -0.1) is 0 Å². The van der Waals surface area contributed by atoms with Crippen molar-refractivity contribution in [2.75, 3.05) is 13.1 Å². The lowest BCUT2D eigenvalue weighted by Crippen LogP contribution is -2.33. The molecule has 3 nitrogen and oxygen atoms in total. The summed E-state index contributed by atoms with van der Waals surface area (Å²) < 4.78 is 2.24. The smallest absolute Gasteiger partial charge is 0.0951 e. The predicted octanol–water partition coefficient (Wildman–Crippen LogP) is 2.14. The van der Waals surface area contributed by atoms with Crippen molar-refractivity contribution >= 4 is 0 Å². The fourth-order valence-electron chi connectivity index (χ4n) is 1.68. The molecule has 1 aromatic rings. The second-order valence-corrected chi connectivity index (χ2v) is 4.99. The number of nitrogens with one attached hydrogen (secondary N) is 1. The Hall–Kier alpha value is -0.830. The van der Waals surface area contributed by atoms with Gasteiger partial charge in [-0.2, -0.15) is 0 Å². The van der Waals surface area contributed by atoms with Crippen LogP contribution in [0, 0.1) is 19.3 Å². The lowest BCUT2D eigenvalue weighted by molar-refractivity contribution is 0.289. The van der Waals surface area contributed by atoms with E-state index >= 15 is 0 Å². The number of aromatic nitrogens is 2. The van der Waals surface area contributed by atoms with Gasteiger partial charge in [0, 0.05) is 18.8 Å². The number of rotatable bonds is 5. The highest BCUT2D eigenvalue weighted by molar-refractivity contribution is 5.08. The van der Waals surface area contributed by atoms with Crippen molar-refractivity contribution in [2.45, 2.75) is 41.2 Å². The van der Waals surface area contributed by atoms with Crippen molar-refractivity contribution in [1.29, 1.82) is 0 Å². The number of aryl methyl sites for hydroxylation is 1. The molecule has 0 saturated carbocycles. The Balaban J connectivity index is 2.64. The summed E-state index contributed by atoms with van der Waals surface area (Å²) in [6.07, 6.45) is 1.94. The topological polar surface area (TPSA) is 29.9 Å². The summed E-state index contributed by atoms with van der Waals surface area (Å²) in [6, 6.07) is 0. The van der Waals surface area contributed by atoms with Crippen LogP contribution >= 0.6 is 0 Å². The second kappa shape index (κ2) is 4.79. The monoisotopic (exact) mass is 209 g/mol. The van der Waals surface area contributed by atoms with Gasteiger partial charge in [0.2, 0.25) is 0 Å². The van der Waals surface area contributed by atoms with E-state index in [0.717, 1.165) is 25.3 Å². The Bertz CT molecular complexity index is 313. The van der Waals surface area contributed by atoms with Crippen molar-refractivity contribution in [3.63, 3.8) is 0 Å². The van der Waals surface area contributed by atoms with E-state index in [1.807, 2.05) is 6.33 Å². The van der Waals surface area contributed by atoms with Crippen molar-refractivity contribution in [3.8, 4) is 0 Å². The van der Waals surface area contributed by atoms with Gasteiger partial charge in [0.25, 0.3) is 0 Å². The lowest BCUT2D eigenvalue weighted by atomic mass is 9.93. The van der Waals surface area contributed by atoms with E-state index in [2.05, 4.69) is 49.5 Å². The van der Waals surface area contributed by atoms with Gasteiger partial charge in [-0.3, -0.25) is 0 Å². The maximum absolute atomic E-state index is 4.32. The molecular weight excluding hydrogens is 186 g/mol. The third kappa shape index (κ3) is 3.34. The van der Waals surface area contributed by atoms with Crippen LogP contribution in [0.4, 0.5) is 0 Å². The molecule has 0 aliphatic heterocycles. The molecule has 0 bridgehead atoms. The minimum atomic E-state index is 0.272. The van der Waals surface area contributed by atoms with Gasteiger partial charge < -0.3 is 9.88 Å². The summed E-state index contributed by atoms with van der Waals surface area (Å²) in [6.45, 7) is 14.0. The summed E-state index contributed by atoms with van der Waals surface area (Å²) in [5, 5.41) is 3.40. The number of hydrogen-bond donors (Lipinski definition) is 1. The van der Waals surface area contributed by atoms with Crippen LogP contribution in [-0.4, -0.2) is 22.6 Å². The zero-order valence-corrected chi connectivity index (χ0v) is 10.6. The first-order chi connectivity index (χ1) is 6.96. The zero-order chi connectivity index (χ0) is 11.5. The van der Waals surface area contributed by atoms with Crippen LogP contribution in [0.3, 0.4) is 0 Å². The van der Waals surface area contributed by atoms with E-state index < -0.39 is 0 Å². The van der Waals surface area contributed by atoms with Gasteiger partial charge >= 0.3 is 0 Å². The van der Waals surface area contributed by atoms with E-state index in [-0.39, 0.29) is 5.41 Å². The summed E-state index contributed by atoms with van der Waals surface area (Å²) in [5.41, 5.74) is 2.68. The molecule has 0 aliphatic carbocycles. The highest BCUT2D eigenvalue weighted by Crippen LogP contribution is 2.18. The first-order valence-electron chi connectivity index (χ1n) is 5.65. The van der Waals surface area contributed by atoms with Gasteiger partial charge in [-0.25, -0.2) is 4.98 Å². The van der Waals surface area contributed by atoms with E-state index in [4.69, 9.17) is 0 Å². The molecule has 15 heavy (non-hydrogen) atoms. The van der Waals surface area contributed by atoms with Gasteiger partial charge in [0.1, 0.15) is 0 Å². The van der Waals surface area contributed by atoms with E-state index in [9.17, 15) is 0 Å². The zero-order valence-electron chi connectivity index (χ0n) is 10.6. The largest absolute Gasteiger partial charge is 0.334 e. The molecule has 0 spiro atoms. The fraction of sp³-hybridized carbons (Fsp3) is 0.750. The molecule has 1 N–H and O–H groups in total. The van der Waals surface area contributed by atoms with Crippen LogP contribution in [-0.2, 0) is 6.54 Å². The lowest BCUT2D eigenvalue weighted by Gasteiger charge is -2.26. The Kier molecular flexibility index (Phi) is 3.91. The van der Waals surface area contributed by atoms with E-state index in [1.165, 1.54) is 5.69 Å². The number of hydrogen-bond acceptors (Lipinski definition) is 2. The first-order valence-corrected chi connectivity index (χ1v) is 5.65. The van der Waals surface area contributed by atoms with Crippen molar-refractivity contribution in [3.05, 3.63) is 17.7 Å². The Morgan fingerprint density at radius 1 is 1.40 bits per heavy atom. The van der Waals surface area contributed by atoms with Gasteiger partial charge in [-0.05, 0) is 25.8 Å². The second-order valence-electron chi connectivity index (χ2n) is 4.99. The van der Waals surface area contributed by atoms with Crippen molar-refractivity contribution < 1.29 is 0 Å². The van der Waals surface area contributed by atoms with Crippen LogP contribution in [0.15, 0.2) is 6.33 Å². The fourth-order valence-corrected chi connectivity index (χ4v) is 1.68. The number of imidazole rings is 1. The standard InChI is InChI=1S/C12H23N3/c1-6-13-7-12(4,5)8-15-9-14-10(2)11(15)3/h9,13H,6-8H2,1-5H3. The minimum absolute atomic E-state index is 0.272. The third-order valence-electron chi connectivity index (χ3n) is 2.80. The molecule has 1 rings (SSSR count). The predicted molar refractivity (Wildman–Crippen MR) is 64.0 cm³/mol. The highest BCUT2D eigenvalue weighted by atomic mass is 15.1. The first kappa shape index (κ1) is 12.2. The third-order valence-corrected chi connectivity index (χ3v) is 2.80. The SMILES string of the molecule is CCNCC(C)(C)Cn1cnc(C)c1C. The molecule has 1 aromatic heterocycles.